The van der Waals surface area contributed by atoms with Crippen molar-refractivity contribution in [2.24, 2.45) is 4.99 Å². The highest BCUT2D eigenvalue weighted by atomic mass is 32.1. The number of nitrogens with one attached hydrogen (secondary N) is 2. The number of fused-ring (bicyclic) bond motifs is 2. The minimum atomic E-state index is -0.212. The molecule has 3 aromatic carbocycles. The van der Waals surface area contributed by atoms with Gasteiger partial charge in [0.05, 0.1) is 22.5 Å². The molecule has 0 unspecified atom stereocenters. The highest BCUT2D eigenvalue weighted by molar-refractivity contribution is 7.19. The van der Waals surface area contributed by atoms with Gasteiger partial charge in [0.15, 0.2) is 10.8 Å². The first-order valence-electron chi connectivity index (χ1n) is 13.6. The fourth-order valence-electron chi connectivity index (χ4n) is 5.39. The Kier molecular flexibility index (Phi) is 6.58. The van der Waals surface area contributed by atoms with Crippen LogP contribution >= 0.6 is 11.3 Å². The number of nitrogens with zero attached hydrogens (tertiary/aromatic N) is 4. The maximum atomic E-state index is 12.9. The number of anilines is 1. The quantitative estimate of drug-likeness (QED) is 0.192. The molecule has 0 atom stereocenters. The smallest absolute Gasteiger partial charge is 0.267 e. The van der Waals surface area contributed by atoms with Crippen LogP contribution in [-0.2, 0) is 6.54 Å². The second kappa shape index (κ2) is 10.7. The lowest BCUT2D eigenvalue weighted by molar-refractivity contribution is 0.103. The van der Waals surface area contributed by atoms with E-state index in [4.69, 9.17) is 4.99 Å². The van der Waals surface area contributed by atoms with Gasteiger partial charge < -0.3 is 15.4 Å². The number of likely N-dealkylation sites (tertiary alicyclic amines) is 1. The Morgan fingerprint density at radius 1 is 1.05 bits per heavy atom. The van der Waals surface area contributed by atoms with Crippen molar-refractivity contribution in [2.45, 2.75) is 19.4 Å². The van der Waals surface area contributed by atoms with Crippen LogP contribution in [0.3, 0.4) is 0 Å². The third-order valence-corrected chi connectivity index (χ3v) is 8.43. The molecule has 4 heterocycles. The molecule has 3 aromatic heterocycles. The van der Waals surface area contributed by atoms with E-state index in [1.54, 1.807) is 12.4 Å². The lowest BCUT2D eigenvalue weighted by Gasteiger charge is -2.14. The second-order valence-corrected chi connectivity index (χ2v) is 11.3. The van der Waals surface area contributed by atoms with E-state index in [-0.39, 0.29) is 11.8 Å². The fourth-order valence-corrected chi connectivity index (χ4v) is 6.23. The molecule has 0 spiro atoms. The molecular weight excluding hydrogens is 532 g/mol. The summed E-state index contributed by atoms with van der Waals surface area (Å²) in [7, 11) is 0. The molecule has 204 valence electrons. The summed E-state index contributed by atoms with van der Waals surface area (Å²) < 4.78 is 1.82. The Balaban J connectivity index is 1.21. The molecule has 8 nitrogen and oxygen atoms in total. The third kappa shape index (κ3) is 5.13. The number of benzene rings is 3. The first-order valence-corrected chi connectivity index (χ1v) is 14.5. The van der Waals surface area contributed by atoms with E-state index in [1.807, 2.05) is 71.3 Å². The minimum absolute atomic E-state index is 0.0243. The summed E-state index contributed by atoms with van der Waals surface area (Å²) in [6.45, 7) is 3.27. The average Bonchev–Trinajstić information content (AvgIpc) is 3.78. The van der Waals surface area contributed by atoms with E-state index in [1.165, 1.54) is 29.7 Å². The highest BCUT2D eigenvalue weighted by Crippen LogP contribution is 2.33. The molecule has 1 amide bonds. The average molecular weight is 561 g/mol. The number of carbonyl (C=O) groups is 1. The Bertz CT molecular complexity index is 1850. The number of H-pyrrole nitrogens is 1. The monoisotopic (exact) mass is 560 g/mol. The molecule has 1 saturated heterocycles. The molecular formula is C32H28N6O2S. The number of aliphatic imine (C=N–C) groups is 1. The summed E-state index contributed by atoms with van der Waals surface area (Å²) in [6.07, 6.45) is 7.82. The molecule has 3 N–H and O–H groups in total. The van der Waals surface area contributed by atoms with Crippen LogP contribution in [0, 0.1) is 0 Å². The zero-order valence-corrected chi connectivity index (χ0v) is 23.1. The van der Waals surface area contributed by atoms with Gasteiger partial charge in [0, 0.05) is 41.8 Å². The first-order chi connectivity index (χ1) is 20.1. The van der Waals surface area contributed by atoms with Gasteiger partial charge in [-0.05, 0) is 61.8 Å². The van der Waals surface area contributed by atoms with E-state index >= 15 is 0 Å². The van der Waals surface area contributed by atoms with Gasteiger partial charge in [-0.3, -0.25) is 14.1 Å². The Morgan fingerprint density at radius 2 is 1.85 bits per heavy atom. The van der Waals surface area contributed by atoms with Crippen molar-refractivity contribution in [3.63, 3.8) is 0 Å². The number of aromatic hydroxyl groups is 1. The topological polar surface area (TPSA) is 98.0 Å². The van der Waals surface area contributed by atoms with E-state index in [0.717, 1.165) is 41.2 Å². The van der Waals surface area contributed by atoms with Gasteiger partial charge in [0.25, 0.3) is 5.91 Å². The third-order valence-electron chi connectivity index (χ3n) is 7.42. The first kappa shape index (κ1) is 25.3. The fraction of sp³-hybridized carbons (Fsp3) is 0.156. The maximum absolute atomic E-state index is 12.9. The number of hydrogen-bond donors (Lipinski definition) is 3. The highest BCUT2D eigenvalue weighted by Gasteiger charge is 2.20. The normalized spacial score (nSPS) is 14.3. The summed E-state index contributed by atoms with van der Waals surface area (Å²) in [5.74, 6) is -0.188. The zero-order valence-electron chi connectivity index (χ0n) is 22.2. The van der Waals surface area contributed by atoms with Crippen molar-refractivity contribution in [2.75, 3.05) is 18.4 Å². The molecule has 7 rings (SSSR count). The molecule has 1 aliphatic heterocycles. The molecule has 1 aliphatic rings. The number of carbonyl (C=O) groups excluding carboxylic acids is 1. The summed E-state index contributed by atoms with van der Waals surface area (Å²) in [6, 6.07) is 23.8. The number of thiazole rings is 1. The van der Waals surface area contributed by atoms with Crippen LogP contribution in [0.2, 0.25) is 0 Å². The van der Waals surface area contributed by atoms with Gasteiger partial charge >= 0.3 is 0 Å². The molecule has 41 heavy (non-hydrogen) atoms. The van der Waals surface area contributed by atoms with Crippen LogP contribution in [0.5, 0.6) is 5.88 Å². The van der Waals surface area contributed by atoms with Crippen LogP contribution < -0.4 is 5.32 Å². The van der Waals surface area contributed by atoms with Gasteiger partial charge in [-0.15, -0.1) is 0 Å². The van der Waals surface area contributed by atoms with Gasteiger partial charge in [-0.2, -0.15) is 0 Å². The van der Waals surface area contributed by atoms with Crippen molar-refractivity contribution >= 4 is 50.2 Å². The number of hydrogen-bond acceptors (Lipinski definition) is 6. The summed E-state index contributed by atoms with van der Waals surface area (Å²) in [5.41, 5.74) is 5.58. The van der Waals surface area contributed by atoms with E-state index in [0.29, 0.717) is 27.4 Å². The molecule has 0 saturated carbocycles. The van der Waals surface area contributed by atoms with Crippen molar-refractivity contribution < 1.29 is 9.90 Å². The summed E-state index contributed by atoms with van der Waals surface area (Å²) in [5, 5.41) is 14.9. The second-order valence-electron chi connectivity index (χ2n) is 10.3. The molecule has 6 aromatic rings. The predicted molar refractivity (Wildman–Crippen MR) is 164 cm³/mol. The summed E-state index contributed by atoms with van der Waals surface area (Å²) >= 11 is 1.33. The molecule has 9 heteroatoms. The van der Waals surface area contributed by atoms with Crippen LogP contribution in [0.25, 0.3) is 15.9 Å². The van der Waals surface area contributed by atoms with Crippen LogP contribution in [0.4, 0.5) is 11.4 Å². The number of rotatable bonds is 7. The number of aromatic amines is 1. The van der Waals surface area contributed by atoms with Crippen molar-refractivity contribution in [3.05, 3.63) is 113 Å². The van der Waals surface area contributed by atoms with Gasteiger partial charge in [0.1, 0.15) is 4.88 Å². The van der Waals surface area contributed by atoms with E-state index in [2.05, 4.69) is 32.3 Å². The van der Waals surface area contributed by atoms with Gasteiger partial charge in [-0.25, -0.2) is 9.98 Å². The number of imidazole rings is 1. The van der Waals surface area contributed by atoms with Crippen molar-refractivity contribution in [1.82, 2.24) is 19.3 Å². The largest absolute Gasteiger partial charge is 0.494 e. The SMILES string of the molecule is O=C(Nc1ccc2c(C(=Nc3ccc(CN4CCCC4)cc3)c3ccccc3)c(O)[nH]c2c1)c1cn2ccnc2s1. The lowest BCUT2D eigenvalue weighted by atomic mass is 10.0. The van der Waals surface area contributed by atoms with Crippen molar-refractivity contribution in [3.8, 4) is 5.88 Å². The standard InChI is InChI=1S/C32H28N6O2S/c39-30(27-20-38-17-14-33-32(38)41-27)35-24-12-13-25-26(18-24)36-31(40)28(25)29(22-6-2-1-3-7-22)34-23-10-8-21(9-11-23)19-37-15-4-5-16-37/h1-3,6-14,17-18,20,36,40H,4-5,15-16,19H2,(H,35,39). The molecule has 0 aliphatic carbocycles. The van der Waals surface area contributed by atoms with Crippen LogP contribution in [0.1, 0.15) is 39.2 Å². The van der Waals surface area contributed by atoms with Crippen molar-refractivity contribution in [1.29, 1.82) is 0 Å². The zero-order chi connectivity index (χ0) is 27.8. The maximum Gasteiger partial charge on any atom is 0.267 e. The van der Waals surface area contributed by atoms with E-state index in [9.17, 15) is 9.90 Å². The number of amides is 1. The minimum Gasteiger partial charge on any atom is -0.494 e. The van der Waals surface area contributed by atoms with E-state index < -0.39 is 0 Å². The van der Waals surface area contributed by atoms with Crippen LogP contribution in [-0.4, -0.2) is 49.1 Å². The Labute approximate surface area is 240 Å². The Morgan fingerprint density at radius 3 is 2.63 bits per heavy atom. The molecule has 0 radical (unpaired) electrons. The Hall–Kier alpha value is -4.73. The summed E-state index contributed by atoms with van der Waals surface area (Å²) in [4.78, 5) is 29.0. The lowest BCUT2D eigenvalue weighted by Crippen LogP contribution is -2.18. The molecule has 1 fully saturated rings. The predicted octanol–water partition coefficient (Wildman–Crippen LogP) is 6.60. The van der Waals surface area contributed by atoms with Gasteiger partial charge in [-0.1, -0.05) is 53.8 Å². The van der Waals surface area contributed by atoms with Crippen LogP contribution in [0.15, 0.2) is 96.4 Å². The number of aromatic nitrogens is 3. The van der Waals surface area contributed by atoms with Gasteiger partial charge in [0.2, 0.25) is 0 Å². The molecule has 0 bridgehead atoms.